The SMILES string of the molecule is CN[C@H](C)C(=O)N[C@@H](C(=O)N1CCC[C@@H]1c1nc(C(=O)c2cccc(I)c2)cs1)C1CCCCC1. The molecule has 2 aromatic rings. The number of ketones is 1. The third-order valence-electron chi connectivity index (χ3n) is 7.17. The van der Waals surface area contributed by atoms with Crippen LogP contribution in [0.1, 0.15) is 79.0 Å². The van der Waals surface area contributed by atoms with Gasteiger partial charge in [0.15, 0.2) is 0 Å². The number of likely N-dealkylation sites (N-methyl/N-ethyl adjacent to an activating group) is 1. The molecule has 35 heavy (non-hydrogen) atoms. The minimum atomic E-state index is -0.522. The number of hydrogen-bond donors (Lipinski definition) is 2. The maximum absolute atomic E-state index is 13.9. The summed E-state index contributed by atoms with van der Waals surface area (Å²) in [4.78, 5) is 46.2. The van der Waals surface area contributed by atoms with Gasteiger partial charge in [-0.1, -0.05) is 31.4 Å². The van der Waals surface area contributed by atoms with Crippen molar-refractivity contribution in [2.75, 3.05) is 13.6 Å². The number of nitrogens with zero attached hydrogens (tertiary/aromatic N) is 2. The van der Waals surface area contributed by atoms with Crippen LogP contribution in [0, 0.1) is 9.49 Å². The molecule has 1 aromatic carbocycles. The van der Waals surface area contributed by atoms with Gasteiger partial charge in [0.25, 0.3) is 0 Å². The van der Waals surface area contributed by atoms with Gasteiger partial charge in [-0.15, -0.1) is 11.3 Å². The number of thiazole rings is 1. The Bertz CT molecular complexity index is 1070. The number of hydrogen-bond acceptors (Lipinski definition) is 6. The molecule has 2 N–H and O–H groups in total. The van der Waals surface area contributed by atoms with Gasteiger partial charge in [-0.3, -0.25) is 14.4 Å². The van der Waals surface area contributed by atoms with E-state index in [1.165, 1.54) is 17.8 Å². The van der Waals surface area contributed by atoms with Crippen molar-refractivity contribution in [2.24, 2.45) is 5.92 Å². The van der Waals surface area contributed by atoms with E-state index in [0.29, 0.717) is 17.8 Å². The highest BCUT2D eigenvalue weighted by atomic mass is 127. The molecule has 3 atom stereocenters. The zero-order valence-electron chi connectivity index (χ0n) is 20.3. The van der Waals surface area contributed by atoms with Crippen LogP contribution >= 0.6 is 33.9 Å². The van der Waals surface area contributed by atoms with E-state index in [0.717, 1.165) is 47.1 Å². The molecule has 1 aliphatic carbocycles. The molecule has 0 unspecified atom stereocenters. The molecular formula is C26H33IN4O3S. The van der Waals surface area contributed by atoms with Crippen molar-refractivity contribution in [2.45, 2.75) is 70.0 Å². The molecule has 1 saturated carbocycles. The zero-order chi connectivity index (χ0) is 24.9. The van der Waals surface area contributed by atoms with Gasteiger partial charge in [-0.2, -0.15) is 0 Å². The summed E-state index contributed by atoms with van der Waals surface area (Å²) >= 11 is 3.63. The number of benzene rings is 1. The minimum absolute atomic E-state index is 0.0169. The van der Waals surface area contributed by atoms with Crippen molar-refractivity contribution >= 4 is 51.5 Å². The third kappa shape index (κ3) is 6.11. The second-order valence-electron chi connectivity index (χ2n) is 9.49. The Morgan fingerprint density at radius 2 is 1.91 bits per heavy atom. The molecule has 188 valence electrons. The van der Waals surface area contributed by atoms with Crippen LogP contribution in [-0.4, -0.2) is 53.2 Å². The van der Waals surface area contributed by atoms with Gasteiger partial charge in [0, 0.05) is 21.1 Å². The number of likely N-dealkylation sites (tertiary alicyclic amines) is 1. The standard InChI is InChI=1S/C26H33IN4O3S/c1-16(28-2)24(33)30-22(17-8-4-3-5-9-17)26(34)31-13-7-12-21(31)25-29-20(15-35-25)23(32)18-10-6-11-19(27)14-18/h6,10-11,14-17,21-22,28H,3-5,7-9,12-13H2,1-2H3,(H,30,33)/t16-,21-,22-/m1/s1. The lowest BCUT2D eigenvalue weighted by Crippen LogP contribution is -2.55. The van der Waals surface area contributed by atoms with Crippen LogP contribution in [0.25, 0.3) is 0 Å². The van der Waals surface area contributed by atoms with Crippen molar-refractivity contribution in [1.82, 2.24) is 20.5 Å². The van der Waals surface area contributed by atoms with E-state index < -0.39 is 6.04 Å². The molecule has 2 amide bonds. The Kier molecular flexibility index (Phi) is 8.93. The van der Waals surface area contributed by atoms with E-state index in [-0.39, 0.29) is 35.6 Å². The summed E-state index contributed by atoms with van der Waals surface area (Å²) in [7, 11) is 1.75. The second-order valence-corrected chi connectivity index (χ2v) is 11.6. The molecule has 7 nitrogen and oxygen atoms in total. The first-order chi connectivity index (χ1) is 16.9. The Labute approximate surface area is 224 Å². The number of carbonyl (C=O) groups excluding carboxylic acids is 3. The molecule has 1 saturated heterocycles. The number of nitrogens with one attached hydrogen (secondary N) is 2. The number of rotatable bonds is 8. The topological polar surface area (TPSA) is 91.4 Å². The normalized spacial score (nSPS) is 20.4. The second kappa shape index (κ2) is 11.9. The van der Waals surface area contributed by atoms with Crippen molar-refractivity contribution < 1.29 is 14.4 Å². The van der Waals surface area contributed by atoms with E-state index >= 15 is 0 Å². The summed E-state index contributed by atoms with van der Waals surface area (Å²) < 4.78 is 1.000. The van der Waals surface area contributed by atoms with E-state index in [4.69, 9.17) is 0 Å². The molecule has 0 spiro atoms. The van der Waals surface area contributed by atoms with E-state index in [2.05, 4.69) is 38.2 Å². The summed E-state index contributed by atoms with van der Waals surface area (Å²) in [6.45, 7) is 2.45. The highest BCUT2D eigenvalue weighted by Gasteiger charge is 2.40. The van der Waals surface area contributed by atoms with Crippen LogP contribution in [0.3, 0.4) is 0 Å². The molecule has 0 bridgehead atoms. The number of carbonyl (C=O) groups is 3. The van der Waals surface area contributed by atoms with E-state index in [1.807, 2.05) is 23.1 Å². The lowest BCUT2D eigenvalue weighted by Gasteiger charge is -2.35. The summed E-state index contributed by atoms with van der Waals surface area (Å²) in [6, 6.07) is 6.44. The van der Waals surface area contributed by atoms with Gasteiger partial charge >= 0.3 is 0 Å². The average Bonchev–Trinajstić information content (AvgIpc) is 3.56. The van der Waals surface area contributed by atoms with Crippen LogP contribution in [0.5, 0.6) is 0 Å². The fourth-order valence-corrected chi connectivity index (χ4v) is 6.53. The number of amides is 2. The molecular weight excluding hydrogens is 575 g/mol. The molecule has 9 heteroatoms. The first kappa shape index (κ1) is 26.2. The van der Waals surface area contributed by atoms with Crippen LogP contribution in [0.2, 0.25) is 0 Å². The van der Waals surface area contributed by atoms with Gasteiger partial charge in [-0.25, -0.2) is 4.98 Å². The fraction of sp³-hybridized carbons (Fsp3) is 0.538. The summed E-state index contributed by atoms with van der Waals surface area (Å²) in [6.07, 6.45) is 6.96. The average molecular weight is 609 g/mol. The molecule has 4 rings (SSSR count). The van der Waals surface area contributed by atoms with Gasteiger partial charge in [0.1, 0.15) is 16.7 Å². The smallest absolute Gasteiger partial charge is 0.246 e. The van der Waals surface area contributed by atoms with Crippen LogP contribution < -0.4 is 10.6 Å². The Morgan fingerprint density at radius 3 is 2.63 bits per heavy atom. The minimum Gasteiger partial charge on any atom is -0.343 e. The summed E-state index contributed by atoms with van der Waals surface area (Å²) in [5.41, 5.74) is 1.04. The van der Waals surface area contributed by atoms with Gasteiger partial charge < -0.3 is 15.5 Å². The van der Waals surface area contributed by atoms with Crippen molar-refractivity contribution in [1.29, 1.82) is 0 Å². The summed E-state index contributed by atoms with van der Waals surface area (Å²) in [5.74, 6) is -0.113. The lowest BCUT2D eigenvalue weighted by atomic mass is 9.83. The van der Waals surface area contributed by atoms with E-state index in [1.54, 1.807) is 25.4 Å². The maximum Gasteiger partial charge on any atom is 0.246 e. The lowest BCUT2D eigenvalue weighted by molar-refractivity contribution is -0.139. The van der Waals surface area contributed by atoms with Crippen molar-refractivity contribution in [3.8, 4) is 0 Å². The predicted octanol–water partition coefficient (Wildman–Crippen LogP) is 4.32. The summed E-state index contributed by atoms with van der Waals surface area (Å²) in [5, 5.41) is 8.63. The molecule has 0 radical (unpaired) electrons. The Morgan fingerprint density at radius 1 is 1.14 bits per heavy atom. The molecule has 2 fully saturated rings. The maximum atomic E-state index is 13.9. The van der Waals surface area contributed by atoms with Crippen LogP contribution in [0.4, 0.5) is 0 Å². The third-order valence-corrected chi connectivity index (χ3v) is 8.79. The number of halogens is 1. The predicted molar refractivity (Wildman–Crippen MR) is 145 cm³/mol. The molecule has 1 aromatic heterocycles. The Balaban J connectivity index is 1.53. The van der Waals surface area contributed by atoms with E-state index in [9.17, 15) is 14.4 Å². The van der Waals surface area contributed by atoms with Crippen molar-refractivity contribution in [3.63, 3.8) is 0 Å². The molecule has 2 aliphatic rings. The quantitative estimate of drug-likeness (QED) is 0.345. The zero-order valence-corrected chi connectivity index (χ0v) is 23.2. The monoisotopic (exact) mass is 608 g/mol. The van der Waals surface area contributed by atoms with Crippen LogP contribution in [0.15, 0.2) is 29.6 Å². The number of aromatic nitrogens is 1. The highest BCUT2D eigenvalue weighted by Crippen LogP contribution is 2.36. The first-order valence-corrected chi connectivity index (χ1v) is 14.4. The molecule has 1 aliphatic heterocycles. The highest BCUT2D eigenvalue weighted by molar-refractivity contribution is 14.1. The van der Waals surface area contributed by atoms with Crippen LogP contribution in [-0.2, 0) is 9.59 Å². The molecule has 2 heterocycles. The first-order valence-electron chi connectivity index (χ1n) is 12.4. The largest absolute Gasteiger partial charge is 0.343 e. The Hall–Kier alpha value is -1.85. The van der Waals surface area contributed by atoms with Crippen molar-refractivity contribution in [3.05, 3.63) is 49.5 Å². The fourth-order valence-electron chi connectivity index (χ4n) is 5.05. The van der Waals surface area contributed by atoms with Gasteiger partial charge in [-0.05, 0) is 80.3 Å². The van der Waals surface area contributed by atoms with Gasteiger partial charge in [0.05, 0.1) is 12.1 Å². The van der Waals surface area contributed by atoms with Gasteiger partial charge in [0.2, 0.25) is 17.6 Å².